The van der Waals surface area contributed by atoms with Crippen molar-refractivity contribution in [2.45, 2.75) is 58.5 Å². The van der Waals surface area contributed by atoms with E-state index in [-0.39, 0.29) is 0 Å². The number of anilines is 1. The summed E-state index contributed by atoms with van der Waals surface area (Å²) >= 11 is 6.48. The molecule has 0 aliphatic carbocycles. The largest absolute Gasteiger partial charge is 0.442 e. The van der Waals surface area contributed by atoms with Crippen molar-refractivity contribution < 1.29 is 9.53 Å². The lowest BCUT2D eigenvalue weighted by Gasteiger charge is -2.28. The van der Waals surface area contributed by atoms with Crippen LogP contribution in [0.1, 0.15) is 64.0 Å². The Bertz CT molecular complexity index is 1000. The average Bonchev–Trinajstić information content (AvgIpc) is 3.11. The van der Waals surface area contributed by atoms with Crippen molar-refractivity contribution in [3.8, 4) is 6.07 Å². The number of rotatable bonds is 5. The number of hydrogen-bond acceptors (Lipinski definition) is 5. The number of nitriles is 1. The first-order chi connectivity index (χ1) is 13.8. The second-order valence-corrected chi connectivity index (χ2v) is 8.08. The van der Waals surface area contributed by atoms with Gasteiger partial charge in [0, 0.05) is 16.3 Å². The molecule has 1 atom stereocenters. The van der Waals surface area contributed by atoms with Gasteiger partial charge < -0.3 is 10.1 Å². The fourth-order valence-corrected chi connectivity index (χ4v) is 3.58. The van der Waals surface area contributed by atoms with Crippen molar-refractivity contribution >= 4 is 23.5 Å². The topological polar surface area (TPSA) is 79.9 Å². The molecule has 0 saturated heterocycles. The first-order valence-electron chi connectivity index (χ1n) is 9.78. The van der Waals surface area contributed by atoms with Crippen molar-refractivity contribution in [2.24, 2.45) is 0 Å². The molecule has 0 fully saturated rings. The highest BCUT2D eigenvalue weighted by Crippen LogP contribution is 2.44. The maximum Gasteiger partial charge on any atom is 0.437 e. The highest BCUT2D eigenvalue weighted by molar-refractivity contribution is 6.31. The number of nitrogens with one attached hydrogen (secondary N) is 1. The Morgan fingerprint density at radius 2 is 2.07 bits per heavy atom. The number of allylic oxidation sites excluding steroid dienone is 2. The Hall–Kier alpha value is -2.78. The van der Waals surface area contributed by atoms with Gasteiger partial charge in [0.15, 0.2) is 0 Å². The lowest BCUT2D eigenvalue weighted by atomic mass is 9.82. The molecule has 152 valence electrons. The molecule has 7 heteroatoms. The van der Waals surface area contributed by atoms with Crippen LogP contribution in [-0.2, 0) is 4.74 Å². The third-order valence-corrected chi connectivity index (χ3v) is 5.56. The summed E-state index contributed by atoms with van der Waals surface area (Å²) in [5.74, 6) is 0.126. The van der Waals surface area contributed by atoms with E-state index >= 15 is 0 Å². The molecule has 0 bridgehead atoms. The van der Waals surface area contributed by atoms with Crippen LogP contribution in [0.4, 0.5) is 10.6 Å². The maximum atomic E-state index is 12.8. The van der Waals surface area contributed by atoms with Crippen molar-refractivity contribution in [1.29, 1.82) is 5.26 Å². The normalized spacial score (nSPS) is 16.1. The molecule has 29 heavy (non-hydrogen) atoms. The Morgan fingerprint density at radius 1 is 1.34 bits per heavy atom. The van der Waals surface area contributed by atoms with E-state index in [1.165, 1.54) is 4.68 Å². The molecule has 3 rings (SSSR count). The molecule has 0 spiro atoms. The van der Waals surface area contributed by atoms with Crippen LogP contribution in [0, 0.1) is 11.3 Å². The first-order valence-corrected chi connectivity index (χ1v) is 10.2. The molecule has 1 aromatic carbocycles. The minimum absolute atomic E-state index is 0.396. The van der Waals surface area contributed by atoms with Crippen LogP contribution in [0.15, 0.2) is 41.7 Å². The van der Waals surface area contributed by atoms with Gasteiger partial charge in [0.05, 0.1) is 23.8 Å². The van der Waals surface area contributed by atoms with Gasteiger partial charge in [0.2, 0.25) is 0 Å². The summed E-state index contributed by atoms with van der Waals surface area (Å²) in [6, 6.07) is 9.79. The van der Waals surface area contributed by atoms with Gasteiger partial charge in [-0.3, -0.25) is 0 Å². The Balaban J connectivity index is 2.14. The highest BCUT2D eigenvalue weighted by Gasteiger charge is 2.35. The zero-order valence-corrected chi connectivity index (χ0v) is 17.9. The van der Waals surface area contributed by atoms with Crippen LogP contribution in [0.3, 0.4) is 0 Å². The zero-order chi connectivity index (χ0) is 21.2. The summed E-state index contributed by atoms with van der Waals surface area (Å²) in [5.41, 5.74) is 2.29. The van der Waals surface area contributed by atoms with E-state index in [9.17, 15) is 10.1 Å². The van der Waals surface area contributed by atoms with Gasteiger partial charge in [-0.2, -0.15) is 10.4 Å². The summed E-state index contributed by atoms with van der Waals surface area (Å²) in [6.45, 7) is 7.71. The van der Waals surface area contributed by atoms with E-state index < -0.39 is 17.6 Å². The van der Waals surface area contributed by atoms with E-state index in [1.54, 1.807) is 12.3 Å². The maximum absolute atomic E-state index is 12.8. The Morgan fingerprint density at radius 3 is 2.69 bits per heavy atom. The second-order valence-electron chi connectivity index (χ2n) is 7.68. The van der Waals surface area contributed by atoms with Crippen molar-refractivity contribution in [1.82, 2.24) is 9.78 Å². The molecule has 6 nitrogen and oxygen atoms in total. The SMILES string of the molecule is CCCC1=C(C#N)C(c2ccccc2Cl)c2cnn(C(=O)OC(C)(C)CC)c2N1. The quantitative estimate of drug-likeness (QED) is 0.666. The number of carbonyl (C=O) groups is 1. The Labute approximate surface area is 176 Å². The number of hydrogen-bond donors (Lipinski definition) is 1. The summed E-state index contributed by atoms with van der Waals surface area (Å²) in [6.07, 6.45) is 3.25. The molecular weight excluding hydrogens is 388 g/mol. The lowest BCUT2D eigenvalue weighted by molar-refractivity contribution is 0.0355. The molecule has 0 amide bonds. The van der Waals surface area contributed by atoms with Gasteiger partial charge in [-0.25, -0.2) is 4.79 Å². The number of fused-ring (bicyclic) bond motifs is 1. The predicted molar refractivity (Wildman–Crippen MR) is 113 cm³/mol. The molecule has 1 aliphatic rings. The highest BCUT2D eigenvalue weighted by atomic mass is 35.5. The minimum atomic E-state index is -0.605. The fraction of sp³-hybridized carbons (Fsp3) is 0.409. The summed E-state index contributed by atoms with van der Waals surface area (Å²) in [7, 11) is 0. The van der Waals surface area contributed by atoms with E-state index in [0.29, 0.717) is 29.3 Å². The first kappa shape index (κ1) is 20.9. The Kier molecular flexibility index (Phi) is 5.99. The van der Waals surface area contributed by atoms with Crippen molar-refractivity contribution in [3.05, 3.63) is 57.9 Å². The van der Waals surface area contributed by atoms with Crippen molar-refractivity contribution in [2.75, 3.05) is 5.32 Å². The standard InChI is InChI=1S/C22H25ClN4O2/c1-5-9-18-15(12-24)19(14-10-7-8-11-17(14)23)16-13-25-27(20(16)26-18)21(28)29-22(3,4)6-2/h7-8,10-11,13,19,26H,5-6,9H2,1-4H3. The number of ether oxygens (including phenoxy) is 1. The third kappa shape index (κ3) is 4.01. The summed E-state index contributed by atoms with van der Waals surface area (Å²) in [5, 5.41) is 18.0. The van der Waals surface area contributed by atoms with E-state index in [1.807, 2.05) is 45.9 Å². The molecular formula is C22H25ClN4O2. The van der Waals surface area contributed by atoms with Crippen LogP contribution in [0.25, 0.3) is 0 Å². The van der Waals surface area contributed by atoms with Gasteiger partial charge in [-0.1, -0.05) is 50.1 Å². The molecule has 0 saturated carbocycles. The number of benzene rings is 1. The summed E-state index contributed by atoms with van der Waals surface area (Å²) < 4.78 is 6.86. The fourth-order valence-electron chi connectivity index (χ4n) is 3.34. The number of aromatic nitrogens is 2. The second kappa shape index (κ2) is 8.30. The minimum Gasteiger partial charge on any atom is -0.442 e. The van der Waals surface area contributed by atoms with Crippen molar-refractivity contribution in [3.63, 3.8) is 0 Å². The van der Waals surface area contributed by atoms with Gasteiger partial charge >= 0.3 is 6.09 Å². The van der Waals surface area contributed by atoms with E-state index in [2.05, 4.69) is 16.5 Å². The zero-order valence-electron chi connectivity index (χ0n) is 17.1. The predicted octanol–water partition coefficient (Wildman–Crippen LogP) is 5.84. The number of halogens is 1. The van der Waals surface area contributed by atoms with Gasteiger partial charge in [-0.05, 0) is 38.3 Å². The van der Waals surface area contributed by atoms with Crippen LogP contribution in [-0.4, -0.2) is 21.5 Å². The average molecular weight is 413 g/mol. The van der Waals surface area contributed by atoms with Crippen LogP contribution in [0.2, 0.25) is 5.02 Å². The van der Waals surface area contributed by atoms with E-state index in [4.69, 9.17) is 16.3 Å². The molecule has 1 aliphatic heterocycles. The number of carbonyl (C=O) groups excluding carboxylic acids is 1. The van der Waals surface area contributed by atoms with Crippen LogP contribution < -0.4 is 5.32 Å². The number of nitrogens with zero attached hydrogens (tertiary/aromatic N) is 3. The van der Waals surface area contributed by atoms with Gasteiger partial charge in [0.1, 0.15) is 11.4 Å². The van der Waals surface area contributed by atoms with Gasteiger partial charge in [-0.15, -0.1) is 4.68 Å². The van der Waals surface area contributed by atoms with Crippen LogP contribution in [0.5, 0.6) is 0 Å². The summed E-state index contributed by atoms with van der Waals surface area (Å²) in [4.78, 5) is 12.8. The van der Waals surface area contributed by atoms with E-state index in [0.717, 1.165) is 23.2 Å². The third-order valence-electron chi connectivity index (χ3n) is 5.22. The molecule has 1 N–H and O–H groups in total. The molecule has 1 aromatic heterocycles. The molecule has 2 aromatic rings. The molecule has 1 unspecified atom stereocenters. The van der Waals surface area contributed by atoms with Gasteiger partial charge in [0.25, 0.3) is 0 Å². The molecule has 2 heterocycles. The monoisotopic (exact) mass is 412 g/mol. The van der Waals surface area contributed by atoms with Crippen LogP contribution >= 0.6 is 11.6 Å². The lowest BCUT2D eigenvalue weighted by Crippen LogP contribution is -2.31. The molecule has 0 radical (unpaired) electrons. The smallest absolute Gasteiger partial charge is 0.437 e.